The molecule has 1 aliphatic carbocycles. The molecule has 0 atom stereocenters. The minimum atomic E-state index is 0.243. The van der Waals surface area contributed by atoms with Crippen molar-refractivity contribution in [2.45, 2.75) is 58.5 Å². The first-order chi connectivity index (χ1) is 15.2. The van der Waals surface area contributed by atoms with Gasteiger partial charge in [0.25, 0.3) is 0 Å². The molecule has 6 heteroatoms. The Bertz CT molecular complexity index is 878. The van der Waals surface area contributed by atoms with Gasteiger partial charge in [-0.2, -0.15) is 0 Å². The molecule has 1 fully saturated rings. The molecule has 31 heavy (non-hydrogen) atoms. The van der Waals surface area contributed by atoms with E-state index in [1.165, 1.54) is 42.9 Å². The lowest BCUT2D eigenvalue weighted by atomic mass is 10.1. The van der Waals surface area contributed by atoms with Gasteiger partial charge in [0.15, 0.2) is 11.5 Å². The molecular weight excluding hydrogens is 390 g/mol. The number of fused-ring (bicyclic) bond motifs is 2. The van der Waals surface area contributed by atoms with Crippen LogP contribution in [0.15, 0.2) is 12.1 Å². The number of hydrogen-bond donors (Lipinski definition) is 1. The third-order valence-electron chi connectivity index (χ3n) is 6.23. The van der Waals surface area contributed by atoms with Gasteiger partial charge < -0.3 is 24.4 Å². The maximum Gasteiger partial charge on any atom is 0.163 e. The molecule has 1 N–H and O–H groups in total. The summed E-state index contributed by atoms with van der Waals surface area (Å²) in [7, 11) is 1.71. The summed E-state index contributed by atoms with van der Waals surface area (Å²) in [5.74, 6) is 1.56. The van der Waals surface area contributed by atoms with Crippen molar-refractivity contribution in [1.29, 1.82) is 0 Å². The van der Waals surface area contributed by atoms with Crippen LogP contribution in [0.4, 0.5) is 5.69 Å². The Labute approximate surface area is 186 Å². The van der Waals surface area contributed by atoms with Gasteiger partial charge in [0.2, 0.25) is 0 Å². The Morgan fingerprint density at radius 2 is 1.90 bits per heavy atom. The molecule has 1 aromatic heterocycles. The number of likely N-dealkylation sites (tertiary alicyclic amines) is 1. The average Bonchev–Trinajstić information content (AvgIpc) is 3.44. The fourth-order valence-corrected chi connectivity index (χ4v) is 4.69. The predicted octanol–water partition coefficient (Wildman–Crippen LogP) is 4.43. The molecule has 0 unspecified atom stereocenters. The topological polar surface area (TPSA) is 55.9 Å². The van der Waals surface area contributed by atoms with Crippen LogP contribution in [0.3, 0.4) is 0 Å². The average molecular weight is 428 g/mol. The second kappa shape index (κ2) is 10.5. The van der Waals surface area contributed by atoms with Gasteiger partial charge >= 0.3 is 0 Å². The fraction of sp³-hybridized carbons (Fsp3) is 0.640. The highest BCUT2D eigenvalue weighted by atomic mass is 16.5. The van der Waals surface area contributed by atoms with Crippen LogP contribution in [0.5, 0.6) is 11.5 Å². The first kappa shape index (κ1) is 22.2. The SMILES string of the molecule is COc1cc2c(NCCOC(C)C)c3c(nc2cc1OCCCN1CCCC1)CCC3. The van der Waals surface area contributed by atoms with Crippen molar-refractivity contribution in [2.24, 2.45) is 0 Å². The molecule has 1 aromatic carbocycles. The van der Waals surface area contributed by atoms with Gasteiger partial charge in [0, 0.05) is 35.9 Å². The predicted molar refractivity (Wildman–Crippen MR) is 126 cm³/mol. The number of aromatic nitrogens is 1. The Kier molecular flexibility index (Phi) is 7.51. The number of pyridine rings is 1. The van der Waals surface area contributed by atoms with Gasteiger partial charge in [-0.3, -0.25) is 4.98 Å². The minimum Gasteiger partial charge on any atom is -0.493 e. The quantitative estimate of drug-likeness (QED) is 0.535. The Morgan fingerprint density at radius 3 is 2.68 bits per heavy atom. The Morgan fingerprint density at radius 1 is 1.06 bits per heavy atom. The van der Waals surface area contributed by atoms with E-state index in [4.69, 9.17) is 19.2 Å². The number of methoxy groups -OCH3 is 1. The molecular formula is C25H37N3O3. The van der Waals surface area contributed by atoms with Gasteiger partial charge in [-0.05, 0) is 77.1 Å². The molecule has 1 aliphatic heterocycles. The lowest BCUT2D eigenvalue weighted by molar-refractivity contribution is 0.0870. The first-order valence-electron chi connectivity index (χ1n) is 11.9. The molecule has 0 bridgehead atoms. The van der Waals surface area contributed by atoms with Crippen LogP contribution in [0, 0.1) is 0 Å². The highest BCUT2D eigenvalue weighted by Gasteiger charge is 2.21. The summed E-state index contributed by atoms with van der Waals surface area (Å²) >= 11 is 0. The molecule has 0 saturated carbocycles. The zero-order valence-corrected chi connectivity index (χ0v) is 19.3. The van der Waals surface area contributed by atoms with Crippen molar-refractivity contribution in [3.05, 3.63) is 23.4 Å². The maximum absolute atomic E-state index is 6.15. The van der Waals surface area contributed by atoms with Crippen molar-refractivity contribution >= 4 is 16.6 Å². The summed E-state index contributed by atoms with van der Waals surface area (Å²) < 4.78 is 17.6. The summed E-state index contributed by atoms with van der Waals surface area (Å²) in [4.78, 5) is 7.51. The van der Waals surface area contributed by atoms with E-state index in [-0.39, 0.29) is 6.10 Å². The van der Waals surface area contributed by atoms with E-state index in [1.807, 2.05) is 0 Å². The third-order valence-corrected chi connectivity index (χ3v) is 6.23. The lowest BCUT2D eigenvalue weighted by Gasteiger charge is -2.18. The van der Waals surface area contributed by atoms with E-state index >= 15 is 0 Å². The number of hydrogen-bond acceptors (Lipinski definition) is 6. The summed E-state index contributed by atoms with van der Waals surface area (Å²) in [5, 5.41) is 4.73. The highest BCUT2D eigenvalue weighted by Crippen LogP contribution is 2.39. The number of anilines is 1. The molecule has 2 aliphatic rings. The minimum absolute atomic E-state index is 0.243. The van der Waals surface area contributed by atoms with E-state index in [2.05, 4.69) is 36.2 Å². The molecule has 4 rings (SSSR count). The highest BCUT2D eigenvalue weighted by molar-refractivity contribution is 5.96. The van der Waals surface area contributed by atoms with Crippen molar-refractivity contribution in [3.8, 4) is 11.5 Å². The summed E-state index contributed by atoms with van der Waals surface area (Å²) in [6.45, 7) is 9.86. The number of nitrogens with one attached hydrogen (secondary N) is 1. The van der Waals surface area contributed by atoms with Crippen LogP contribution in [-0.4, -0.2) is 62.5 Å². The van der Waals surface area contributed by atoms with E-state index in [0.29, 0.717) is 13.2 Å². The normalized spacial score (nSPS) is 16.3. The van der Waals surface area contributed by atoms with Crippen molar-refractivity contribution in [3.63, 3.8) is 0 Å². The summed E-state index contributed by atoms with van der Waals surface area (Å²) in [5.41, 5.74) is 4.72. The van der Waals surface area contributed by atoms with Crippen LogP contribution in [0.2, 0.25) is 0 Å². The second-order valence-electron chi connectivity index (χ2n) is 8.88. The largest absolute Gasteiger partial charge is 0.493 e. The van der Waals surface area contributed by atoms with Gasteiger partial charge in [-0.1, -0.05) is 0 Å². The fourth-order valence-electron chi connectivity index (χ4n) is 4.69. The number of aryl methyl sites for hydroxylation is 1. The van der Waals surface area contributed by atoms with Gasteiger partial charge in [-0.25, -0.2) is 0 Å². The standard InChI is InChI=1S/C25H37N3O3/c1-18(2)30-15-10-26-25-19-8-6-9-21(19)27-22-17-24(23(29-3)16-20(22)25)31-14-7-13-28-11-4-5-12-28/h16-18H,4-15H2,1-3H3,(H,26,27). The van der Waals surface area contributed by atoms with Crippen LogP contribution in [0.25, 0.3) is 10.9 Å². The Balaban J connectivity index is 1.51. The lowest BCUT2D eigenvalue weighted by Crippen LogP contribution is -2.21. The van der Waals surface area contributed by atoms with Crippen LogP contribution < -0.4 is 14.8 Å². The molecule has 170 valence electrons. The van der Waals surface area contributed by atoms with E-state index in [0.717, 1.165) is 61.2 Å². The van der Waals surface area contributed by atoms with Gasteiger partial charge in [-0.15, -0.1) is 0 Å². The first-order valence-corrected chi connectivity index (χ1v) is 11.9. The molecule has 0 radical (unpaired) electrons. The zero-order chi connectivity index (χ0) is 21.6. The van der Waals surface area contributed by atoms with Crippen molar-refractivity contribution in [2.75, 3.05) is 51.8 Å². The van der Waals surface area contributed by atoms with E-state index < -0.39 is 0 Å². The zero-order valence-electron chi connectivity index (χ0n) is 19.3. The summed E-state index contributed by atoms with van der Waals surface area (Å²) in [6, 6.07) is 4.14. The van der Waals surface area contributed by atoms with Crippen LogP contribution >= 0.6 is 0 Å². The third kappa shape index (κ3) is 5.42. The number of ether oxygens (including phenoxy) is 3. The van der Waals surface area contributed by atoms with Crippen LogP contribution in [-0.2, 0) is 17.6 Å². The Hall–Kier alpha value is -2.05. The number of benzene rings is 1. The van der Waals surface area contributed by atoms with Crippen LogP contribution in [0.1, 0.15) is 50.8 Å². The van der Waals surface area contributed by atoms with Crippen molar-refractivity contribution in [1.82, 2.24) is 9.88 Å². The van der Waals surface area contributed by atoms with E-state index in [9.17, 15) is 0 Å². The summed E-state index contributed by atoms with van der Waals surface area (Å²) in [6.07, 6.45) is 7.20. The molecule has 1 saturated heterocycles. The van der Waals surface area contributed by atoms with Gasteiger partial charge in [0.05, 0.1) is 31.9 Å². The molecule has 0 amide bonds. The second-order valence-corrected chi connectivity index (χ2v) is 8.88. The molecule has 2 heterocycles. The molecule has 6 nitrogen and oxygen atoms in total. The maximum atomic E-state index is 6.15. The number of nitrogens with zero attached hydrogens (tertiary/aromatic N) is 2. The molecule has 2 aromatic rings. The van der Waals surface area contributed by atoms with Gasteiger partial charge in [0.1, 0.15) is 0 Å². The van der Waals surface area contributed by atoms with Crippen molar-refractivity contribution < 1.29 is 14.2 Å². The smallest absolute Gasteiger partial charge is 0.163 e. The molecule has 0 spiro atoms. The number of rotatable bonds is 11. The van der Waals surface area contributed by atoms with E-state index in [1.54, 1.807) is 7.11 Å². The monoisotopic (exact) mass is 427 g/mol.